The second-order valence-corrected chi connectivity index (χ2v) is 7.51. The maximum atomic E-state index is 11.4. The molecule has 2 rings (SSSR count). The highest BCUT2D eigenvalue weighted by Gasteiger charge is 2.40. The zero-order valence-electron chi connectivity index (χ0n) is 8.99. The fourth-order valence-electron chi connectivity index (χ4n) is 2.06. The zero-order chi connectivity index (χ0) is 12.7. The third kappa shape index (κ3) is 3.13. The van der Waals surface area contributed by atoms with E-state index < -0.39 is 15.4 Å². The first-order chi connectivity index (χ1) is 7.80. The van der Waals surface area contributed by atoms with E-state index in [9.17, 15) is 13.5 Å². The Morgan fingerprint density at radius 3 is 2.59 bits per heavy atom. The fraction of sp³-hybridized carbons (Fsp3) is 0.455. The van der Waals surface area contributed by atoms with Gasteiger partial charge in [0.05, 0.1) is 17.1 Å². The maximum absolute atomic E-state index is 11.4. The van der Waals surface area contributed by atoms with Crippen molar-refractivity contribution in [3.05, 3.63) is 33.8 Å². The molecule has 1 fully saturated rings. The minimum absolute atomic E-state index is 0.0364. The lowest BCUT2D eigenvalue weighted by Crippen LogP contribution is -2.32. The summed E-state index contributed by atoms with van der Waals surface area (Å²) in [5.41, 5.74) is -0.480. The number of hydrogen-bond acceptors (Lipinski definition) is 3. The number of halogens is 2. The van der Waals surface area contributed by atoms with Crippen LogP contribution in [-0.2, 0) is 16.3 Å². The molecule has 1 atom stereocenters. The van der Waals surface area contributed by atoms with E-state index in [1.54, 1.807) is 18.2 Å². The highest BCUT2D eigenvalue weighted by Crippen LogP contribution is 2.30. The van der Waals surface area contributed by atoms with Gasteiger partial charge in [0.25, 0.3) is 0 Å². The minimum Gasteiger partial charge on any atom is -0.388 e. The van der Waals surface area contributed by atoms with Crippen LogP contribution in [0.2, 0.25) is 10.0 Å². The Bertz CT molecular complexity index is 542. The highest BCUT2D eigenvalue weighted by molar-refractivity contribution is 7.91. The van der Waals surface area contributed by atoms with E-state index in [0.717, 1.165) is 5.56 Å². The highest BCUT2D eigenvalue weighted by atomic mass is 35.5. The molecule has 1 N–H and O–H groups in total. The Labute approximate surface area is 110 Å². The Balaban J connectivity index is 2.22. The molecule has 0 saturated carbocycles. The summed E-state index contributed by atoms with van der Waals surface area (Å²) in [6.07, 6.45) is 0.497. The van der Waals surface area contributed by atoms with Crippen molar-refractivity contribution in [3.8, 4) is 0 Å². The summed E-state index contributed by atoms with van der Waals surface area (Å²) < 4.78 is 22.7. The number of benzene rings is 1. The molecule has 0 aromatic heterocycles. The number of sulfone groups is 1. The van der Waals surface area contributed by atoms with Crippen LogP contribution in [0, 0.1) is 0 Å². The number of hydrogen-bond donors (Lipinski definition) is 1. The van der Waals surface area contributed by atoms with Crippen LogP contribution in [0.5, 0.6) is 0 Å². The summed E-state index contributed by atoms with van der Waals surface area (Å²) in [5, 5.41) is 11.2. The van der Waals surface area contributed by atoms with Crippen molar-refractivity contribution in [2.75, 3.05) is 11.5 Å². The maximum Gasteiger partial charge on any atom is 0.153 e. The van der Waals surface area contributed by atoms with Gasteiger partial charge in [0, 0.05) is 16.5 Å². The van der Waals surface area contributed by atoms with Gasteiger partial charge in [0.1, 0.15) is 0 Å². The van der Waals surface area contributed by atoms with E-state index in [1.807, 2.05) is 0 Å². The lowest BCUT2D eigenvalue weighted by molar-refractivity contribution is 0.0682. The van der Waals surface area contributed by atoms with Crippen LogP contribution in [0.15, 0.2) is 18.2 Å². The molecule has 3 nitrogen and oxygen atoms in total. The summed E-state index contributed by atoms with van der Waals surface area (Å²) >= 11 is 11.8. The average molecular weight is 295 g/mol. The quantitative estimate of drug-likeness (QED) is 0.909. The van der Waals surface area contributed by atoms with Crippen LogP contribution in [0.4, 0.5) is 0 Å². The van der Waals surface area contributed by atoms with Crippen LogP contribution in [0.1, 0.15) is 12.0 Å². The molecule has 0 radical (unpaired) electrons. The minimum atomic E-state index is -3.11. The SMILES string of the molecule is O=S1(=O)CCC(O)(Cc2ccc(Cl)cc2Cl)C1. The Kier molecular flexibility index (Phi) is 3.42. The molecular weight excluding hydrogens is 283 g/mol. The van der Waals surface area contributed by atoms with Gasteiger partial charge in [-0.05, 0) is 24.1 Å². The lowest BCUT2D eigenvalue weighted by Gasteiger charge is -2.21. The van der Waals surface area contributed by atoms with E-state index in [2.05, 4.69) is 0 Å². The van der Waals surface area contributed by atoms with Gasteiger partial charge in [-0.25, -0.2) is 8.42 Å². The third-order valence-corrected chi connectivity index (χ3v) is 5.29. The molecule has 1 heterocycles. The Morgan fingerprint density at radius 1 is 1.35 bits per heavy atom. The molecule has 1 aromatic carbocycles. The molecule has 0 bridgehead atoms. The first-order valence-electron chi connectivity index (χ1n) is 5.16. The van der Waals surface area contributed by atoms with Crippen molar-refractivity contribution in [2.45, 2.75) is 18.4 Å². The van der Waals surface area contributed by atoms with E-state index in [1.165, 1.54) is 0 Å². The van der Waals surface area contributed by atoms with Gasteiger partial charge in [-0.3, -0.25) is 0 Å². The van der Waals surface area contributed by atoms with Gasteiger partial charge in [-0.15, -0.1) is 0 Å². The number of rotatable bonds is 2. The third-order valence-electron chi connectivity index (χ3n) is 2.90. The van der Waals surface area contributed by atoms with E-state index >= 15 is 0 Å². The van der Waals surface area contributed by atoms with Gasteiger partial charge in [0.15, 0.2) is 9.84 Å². The molecule has 1 saturated heterocycles. The summed E-state index contributed by atoms with van der Waals surface area (Å²) in [5.74, 6) is -0.159. The fourth-order valence-corrected chi connectivity index (χ4v) is 4.43. The largest absolute Gasteiger partial charge is 0.388 e. The molecule has 0 aliphatic carbocycles. The van der Waals surface area contributed by atoms with Gasteiger partial charge < -0.3 is 5.11 Å². The molecule has 1 aromatic rings. The molecule has 0 spiro atoms. The smallest absolute Gasteiger partial charge is 0.153 e. The van der Waals surface area contributed by atoms with Crippen molar-refractivity contribution in [1.82, 2.24) is 0 Å². The van der Waals surface area contributed by atoms with Crippen molar-refractivity contribution in [3.63, 3.8) is 0 Å². The topological polar surface area (TPSA) is 54.4 Å². The predicted octanol–water partition coefficient (Wildman–Crippen LogP) is 2.09. The Hall–Kier alpha value is -0.290. The molecule has 0 amide bonds. The summed E-state index contributed by atoms with van der Waals surface area (Å²) in [7, 11) is -3.11. The molecule has 17 heavy (non-hydrogen) atoms. The summed E-state index contributed by atoms with van der Waals surface area (Å²) in [6.45, 7) is 0. The summed E-state index contributed by atoms with van der Waals surface area (Å²) in [4.78, 5) is 0. The normalized spacial score (nSPS) is 27.2. The zero-order valence-corrected chi connectivity index (χ0v) is 11.3. The average Bonchev–Trinajstić information content (AvgIpc) is 2.46. The molecule has 6 heteroatoms. The molecule has 1 unspecified atom stereocenters. The van der Waals surface area contributed by atoms with Crippen molar-refractivity contribution in [1.29, 1.82) is 0 Å². The standard InChI is InChI=1S/C11H12Cl2O3S/c12-9-2-1-8(10(13)5-9)6-11(14)3-4-17(15,16)7-11/h1-2,5,14H,3-4,6-7H2. The first kappa shape index (κ1) is 13.1. The van der Waals surface area contributed by atoms with E-state index in [-0.39, 0.29) is 24.3 Å². The monoisotopic (exact) mass is 294 g/mol. The second-order valence-electron chi connectivity index (χ2n) is 4.48. The predicted molar refractivity (Wildman–Crippen MR) is 68.4 cm³/mol. The number of aliphatic hydroxyl groups is 1. The van der Waals surface area contributed by atoms with Gasteiger partial charge in [0.2, 0.25) is 0 Å². The van der Waals surface area contributed by atoms with Crippen molar-refractivity contribution < 1.29 is 13.5 Å². The van der Waals surface area contributed by atoms with E-state index in [4.69, 9.17) is 23.2 Å². The van der Waals surface area contributed by atoms with Gasteiger partial charge in [-0.2, -0.15) is 0 Å². The van der Waals surface area contributed by atoms with Crippen molar-refractivity contribution in [2.24, 2.45) is 0 Å². The van der Waals surface area contributed by atoms with Crippen LogP contribution >= 0.6 is 23.2 Å². The first-order valence-corrected chi connectivity index (χ1v) is 7.74. The van der Waals surface area contributed by atoms with Crippen LogP contribution < -0.4 is 0 Å². The lowest BCUT2D eigenvalue weighted by atomic mass is 9.94. The molecule has 94 valence electrons. The molecule has 1 aliphatic rings. The van der Waals surface area contributed by atoms with Crippen LogP contribution in [0.25, 0.3) is 0 Å². The second kappa shape index (κ2) is 4.43. The summed E-state index contributed by atoms with van der Waals surface area (Å²) in [6, 6.07) is 4.98. The van der Waals surface area contributed by atoms with Gasteiger partial charge in [-0.1, -0.05) is 29.3 Å². The van der Waals surface area contributed by atoms with Crippen LogP contribution in [-0.4, -0.2) is 30.6 Å². The van der Waals surface area contributed by atoms with Crippen LogP contribution in [0.3, 0.4) is 0 Å². The van der Waals surface area contributed by atoms with Gasteiger partial charge >= 0.3 is 0 Å². The van der Waals surface area contributed by atoms with Crippen molar-refractivity contribution >= 4 is 33.0 Å². The Morgan fingerprint density at radius 2 is 2.06 bits per heavy atom. The molecule has 1 aliphatic heterocycles. The molecular formula is C11H12Cl2O3S. The van der Waals surface area contributed by atoms with E-state index in [0.29, 0.717) is 10.0 Å².